The van der Waals surface area contributed by atoms with E-state index in [0.717, 1.165) is 35.2 Å². The molecule has 3 rings (SSSR count). The Hall–Kier alpha value is -2.88. The van der Waals surface area contributed by atoms with Crippen LogP contribution >= 0.6 is 0 Å². The highest BCUT2D eigenvalue weighted by Gasteiger charge is 2.34. The van der Waals surface area contributed by atoms with Gasteiger partial charge in [0.05, 0.1) is 21.8 Å². The maximum absolute atomic E-state index is 13.1. The molecule has 10 heteroatoms. The first-order valence-electron chi connectivity index (χ1n) is 8.24. The van der Waals surface area contributed by atoms with Gasteiger partial charge < -0.3 is 0 Å². The Balaban J connectivity index is 1.88. The first-order chi connectivity index (χ1) is 13.1. The van der Waals surface area contributed by atoms with Crippen LogP contribution in [-0.2, 0) is 25.8 Å². The summed E-state index contributed by atoms with van der Waals surface area (Å²) in [5.74, 6) is -0.770. The smallest absolute Gasteiger partial charge is 0.279 e. The zero-order chi connectivity index (χ0) is 20.5. The van der Waals surface area contributed by atoms with Crippen molar-refractivity contribution in [3.05, 3.63) is 54.1 Å². The van der Waals surface area contributed by atoms with Crippen molar-refractivity contribution in [1.82, 2.24) is 0 Å². The zero-order valence-electron chi connectivity index (χ0n) is 14.4. The van der Waals surface area contributed by atoms with Crippen LogP contribution in [0, 0.1) is 0 Å². The molecule has 1 heterocycles. The van der Waals surface area contributed by atoms with Crippen LogP contribution in [-0.4, -0.2) is 20.2 Å². The molecule has 0 unspecified atom stereocenters. The summed E-state index contributed by atoms with van der Waals surface area (Å²) in [6.45, 7) is 0. The number of nitrogens with zero attached hydrogens (tertiary/aromatic N) is 1. The van der Waals surface area contributed by atoms with Crippen molar-refractivity contribution in [2.75, 3.05) is 9.62 Å². The molecular formula is C18H15F3N2O4S. The molecule has 1 fully saturated rings. The molecule has 0 bridgehead atoms. The van der Waals surface area contributed by atoms with Crippen LogP contribution in [0.5, 0.6) is 0 Å². The average Bonchev–Trinajstić information content (AvgIpc) is 2.61. The molecule has 0 saturated carbocycles. The lowest BCUT2D eigenvalue weighted by Gasteiger charge is -2.25. The first-order valence-corrected chi connectivity index (χ1v) is 9.73. The lowest BCUT2D eigenvalue weighted by atomic mass is 10.1. The molecule has 28 heavy (non-hydrogen) atoms. The Labute approximate surface area is 159 Å². The Morgan fingerprint density at radius 1 is 0.893 bits per heavy atom. The monoisotopic (exact) mass is 412 g/mol. The molecule has 0 atom stereocenters. The van der Waals surface area contributed by atoms with E-state index in [1.807, 2.05) is 4.72 Å². The van der Waals surface area contributed by atoms with Gasteiger partial charge >= 0.3 is 6.18 Å². The van der Waals surface area contributed by atoms with Crippen molar-refractivity contribution >= 4 is 33.2 Å². The van der Waals surface area contributed by atoms with Crippen molar-refractivity contribution in [1.29, 1.82) is 0 Å². The molecule has 0 spiro atoms. The van der Waals surface area contributed by atoms with E-state index in [1.54, 1.807) is 0 Å². The topological polar surface area (TPSA) is 83.6 Å². The maximum atomic E-state index is 13.1. The number of anilines is 2. The predicted octanol–water partition coefficient (Wildman–Crippen LogP) is 3.55. The number of alkyl halides is 3. The minimum atomic E-state index is -4.72. The number of hydrogen-bond acceptors (Lipinski definition) is 4. The van der Waals surface area contributed by atoms with Gasteiger partial charge in [-0.05, 0) is 42.8 Å². The van der Waals surface area contributed by atoms with Gasteiger partial charge in [-0.1, -0.05) is 12.1 Å². The minimum absolute atomic E-state index is 0.210. The summed E-state index contributed by atoms with van der Waals surface area (Å²) in [7, 11) is -4.31. The molecule has 2 aromatic rings. The Kier molecular flexibility index (Phi) is 5.16. The second-order valence-corrected chi connectivity index (χ2v) is 7.80. The third kappa shape index (κ3) is 4.01. The number of halogens is 3. The summed E-state index contributed by atoms with van der Waals surface area (Å²) in [5, 5.41) is 0. The fourth-order valence-electron chi connectivity index (χ4n) is 2.84. The standard InChI is InChI=1S/C18H15F3N2O4S/c19-18(20,21)14-4-1-2-5-15(14)22-28(26,27)13-10-8-12(9-11-13)23-16(24)6-3-7-17(23)25/h1-2,4-5,8-11,22H,3,6-7H2. The highest BCUT2D eigenvalue weighted by Crippen LogP contribution is 2.35. The quantitative estimate of drug-likeness (QED) is 0.779. The third-order valence-corrected chi connectivity index (χ3v) is 5.54. The molecule has 1 N–H and O–H groups in total. The van der Waals surface area contributed by atoms with Gasteiger partial charge in [-0.25, -0.2) is 8.42 Å². The fourth-order valence-corrected chi connectivity index (χ4v) is 3.92. The van der Waals surface area contributed by atoms with E-state index in [-0.39, 0.29) is 35.2 Å². The van der Waals surface area contributed by atoms with E-state index in [2.05, 4.69) is 0 Å². The summed E-state index contributed by atoms with van der Waals surface area (Å²) in [6.07, 6.45) is -3.84. The molecule has 0 aromatic heterocycles. The minimum Gasteiger partial charge on any atom is -0.279 e. The summed E-state index contributed by atoms with van der Waals surface area (Å²) in [6, 6.07) is 9.02. The molecule has 148 valence electrons. The van der Waals surface area contributed by atoms with Gasteiger partial charge in [-0.2, -0.15) is 13.2 Å². The van der Waals surface area contributed by atoms with Gasteiger partial charge in [0.15, 0.2) is 0 Å². The van der Waals surface area contributed by atoms with Gasteiger partial charge in [0.2, 0.25) is 11.8 Å². The number of piperidine rings is 1. The second-order valence-electron chi connectivity index (χ2n) is 6.12. The van der Waals surface area contributed by atoms with Crippen molar-refractivity contribution in [2.24, 2.45) is 0 Å². The van der Waals surface area contributed by atoms with Gasteiger partial charge in [-0.3, -0.25) is 19.2 Å². The van der Waals surface area contributed by atoms with Crippen LogP contribution in [0.4, 0.5) is 24.5 Å². The molecule has 0 radical (unpaired) electrons. The Morgan fingerprint density at radius 3 is 2.04 bits per heavy atom. The first kappa shape index (κ1) is 19.9. The van der Waals surface area contributed by atoms with Gasteiger partial charge in [0.25, 0.3) is 10.0 Å². The van der Waals surface area contributed by atoms with Crippen LogP contribution in [0.15, 0.2) is 53.4 Å². The third-order valence-electron chi connectivity index (χ3n) is 4.16. The number of nitrogens with one attached hydrogen (secondary N) is 1. The molecule has 1 aliphatic rings. The Morgan fingerprint density at radius 2 is 1.46 bits per heavy atom. The van der Waals surface area contributed by atoms with Crippen LogP contribution < -0.4 is 9.62 Å². The second kappa shape index (κ2) is 7.27. The van der Waals surface area contributed by atoms with E-state index in [1.165, 1.54) is 18.2 Å². The molecule has 0 aliphatic carbocycles. The molecule has 1 saturated heterocycles. The van der Waals surface area contributed by atoms with E-state index in [0.29, 0.717) is 6.42 Å². The van der Waals surface area contributed by atoms with Crippen molar-refractivity contribution < 1.29 is 31.2 Å². The van der Waals surface area contributed by atoms with Crippen LogP contribution in [0.1, 0.15) is 24.8 Å². The van der Waals surface area contributed by atoms with Crippen molar-refractivity contribution in [3.63, 3.8) is 0 Å². The molecule has 2 amide bonds. The zero-order valence-corrected chi connectivity index (χ0v) is 15.2. The Bertz CT molecular complexity index is 1000. The fraction of sp³-hybridized carbons (Fsp3) is 0.222. The largest absolute Gasteiger partial charge is 0.418 e. The van der Waals surface area contributed by atoms with E-state index < -0.39 is 27.5 Å². The number of rotatable bonds is 4. The molecule has 1 aliphatic heterocycles. The lowest BCUT2D eigenvalue weighted by Crippen LogP contribution is -2.40. The van der Waals surface area contributed by atoms with E-state index in [9.17, 15) is 31.2 Å². The normalized spacial score (nSPS) is 15.6. The summed E-state index contributed by atoms with van der Waals surface area (Å²) in [5.41, 5.74) is -1.50. The van der Waals surface area contributed by atoms with Crippen LogP contribution in [0.3, 0.4) is 0 Å². The SMILES string of the molecule is O=C1CCCC(=O)N1c1ccc(S(=O)(=O)Nc2ccccc2C(F)(F)F)cc1. The highest BCUT2D eigenvalue weighted by atomic mass is 32.2. The number of hydrogen-bond donors (Lipinski definition) is 1. The molecule has 2 aromatic carbocycles. The van der Waals surface area contributed by atoms with Crippen LogP contribution in [0.25, 0.3) is 0 Å². The van der Waals surface area contributed by atoms with E-state index in [4.69, 9.17) is 0 Å². The van der Waals surface area contributed by atoms with Gasteiger partial charge in [0, 0.05) is 12.8 Å². The highest BCUT2D eigenvalue weighted by molar-refractivity contribution is 7.92. The number of imide groups is 1. The number of amides is 2. The van der Waals surface area contributed by atoms with Gasteiger partial charge in [0.1, 0.15) is 0 Å². The number of carbonyl (C=O) groups excluding carboxylic acids is 2. The van der Waals surface area contributed by atoms with Crippen molar-refractivity contribution in [3.8, 4) is 0 Å². The predicted molar refractivity (Wildman–Crippen MR) is 95.0 cm³/mol. The van der Waals surface area contributed by atoms with Gasteiger partial charge in [-0.15, -0.1) is 0 Å². The maximum Gasteiger partial charge on any atom is 0.418 e. The summed E-state index contributed by atoms with van der Waals surface area (Å²) >= 11 is 0. The number of carbonyl (C=O) groups is 2. The summed E-state index contributed by atoms with van der Waals surface area (Å²) in [4.78, 5) is 24.5. The van der Waals surface area contributed by atoms with Crippen molar-refractivity contribution in [2.45, 2.75) is 30.3 Å². The number of para-hydroxylation sites is 1. The van der Waals surface area contributed by atoms with Crippen LogP contribution in [0.2, 0.25) is 0 Å². The number of sulfonamides is 1. The van der Waals surface area contributed by atoms with E-state index >= 15 is 0 Å². The number of benzene rings is 2. The lowest BCUT2D eigenvalue weighted by molar-refractivity contribution is -0.137. The average molecular weight is 412 g/mol. The summed E-state index contributed by atoms with van der Waals surface area (Å²) < 4.78 is 66.0. The molecular weight excluding hydrogens is 397 g/mol. The molecule has 6 nitrogen and oxygen atoms in total.